The molecule has 1 aliphatic carbocycles. The first-order valence-electron chi connectivity index (χ1n) is 6.17. The minimum atomic E-state index is 0.898. The number of benzene rings is 1. The Morgan fingerprint density at radius 2 is 2.17 bits per heavy atom. The Morgan fingerprint density at radius 3 is 3.06 bits per heavy atom. The summed E-state index contributed by atoms with van der Waals surface area (Å²) in [6.07, 6.45) is 4.69. The molecule has 1 heterocycles. The number of thioether (sulfide) groups is 1. The normalized spacial score (nSPS) is 14.5. The second kappa shape index (κ2) is 5.49. The molecule has 0 saturated heterocycles. The smallest absolute Gasteiger partial charge is 0.140 e. The second-order valence-electron chi connectivity index (χ2n) is 4.48. The van der Waals surface area contributed by atoms with E-state index in [1.54, 1.807) is 0 Å². The molecule has 0 unspecified atom stereocenters. The van der Waals surface area contributed by atoms with Crippen LogP contribution in [0.4, 0.5) is 0 Å². The highest BCUT2D eigenvalue weighted by Crippen LogP contribution is 2.30. The number of hydrogen-bond acceptors (Lipinski definition) is 3. The van der Waals surface area contributed by atoms with Gasteiger partial charge >= 0.3 is 0 Å². The Bertz CT molecular complexity index is 552. The van der Waals surface area contributed by atoms with Gasteiger partial charge < -0.3 is 4.52 Å². The molecule has 0 bridgehead atoms. The highest BCUT2D eigenvalue weighted by atomic mass is 79.9. The molecule has 0 saturated carbocycles. The first-order chi connectivity index (χ1) is 8.83. The lowest BCUT2D eigenvalue weighted by atomic mass is 9.97. The fourth-order valence-corrected chi connectivity index (χ4v) is 3.74. The second-order valence-corrected chi connectivity index (χ2v) is 6.45. The van der Waals surface area contributed by atoms with Crippen molar-refractivity contribution in [3.05, 3.63) is 45.8 Å². The maximum Gasteiger partial charge on any atom is 0.140 e. The monoisotopic (exact) mass is 323 g/mol. The molecule has 4 heteroatoms. The lowest BCUT2D eigenvalue weighted by Gasteiger charge is -2.09. The van der Waals surface area contributed by atoms with Crippen LogP contribution in [-0.2, 0) is 18.6 Å². The molecule has 0 radical (unpaired) electrons. The van der Waals surface area contributed by atoms with Gasteiger partial charge in [0.2, 0.25) is 0 Å². The zero-order valence-electron chi connectivity index (χ0n) is 9.99. The van der Waals surface area contributed by atoms with E-state index in [4.69, 9.17) is 4.52 Å². The van der Waals surface area contributed by atoms with Gasteiger partial charge in [0.1, 0.15) is 5.76 Å². The zero-order valence-corrected chi connectivity index (χ0v) is 12.4. The molecule has 0 amide bonds. The van der Waals surface area contributed by atoms with E-state index in [0.29, 0.717) is 0 Å². The Morgan fingerprint density at radius 1 is 1.28 bits per heavy atom. The zero-order chi connectivity index (χ0) is 12.4. The predicted molar refractivity (Wildman–Crippen MR) is 76.8 cm³/mol. The standard InChI is InChI=1S/C14H14BrNOS/c15-10-4-3-5-11(8-10)18-9-13-12-6-1-2-7-14(12)17-16-13/h3-5,8H,1-2,6-7,9H2. The Kier molecular flexibility index (Phi) is 3.75. The van der Waals surface area contributed by atoms with Crippen LogP contribution in [0, 0.1) is 0 Å². The van der Waals surface area contributed by atoms with Crippen LogP contribution >= 0.6 is 27.7 Å². The van der Waals surface area contributed by atoms with Gasteiger partial charge in [-0.25, -0.2) is 0 Å². The first kappa shape index (κ1) is 12.3. The quantitative estimate of drug-likeness (QED) is 0.771. The average Bonchev–Trinajstić information content (AvgIpc) is 2.80. The molecule has 0 atom stereocenters. The SMILES string of the molecule is Brc1cccc(SCc2noc3c2CCCC3)c1. The lowest BCUT2D eigenvalue weighted by molar-refractivity contribution is 0.369. The summed E-state index contributed by atoms with van der Waals surface area (Å²) in [7, 11) is 0. The van der Waals surface area contributed by atoms with E-state index in [1.807, 2.05) is 17.8 Å². The molecule has 0 aliphatic heterocycles. The molecular weight excluding hydrogens is 310 g/mol. The molecule has 1 aliphatic rings. The van der Waals surface area contributed by atoms with Crippen molar-refractivity contribution in [1.29, 1.82) is 0 Å². The summed E-state index contributed by atoms with van der Waals surface area (Å²) >= 11 is 5.31. The molecule has 3 rings (SSSR count). The molecule has 94 valence electrons. The Labute approximate surface area is 119 Å². The van der Waals surface area contributed by atoms with Crippen molar-refractivity contribution in [3.63, 3.8) is 0 Å². The predicted octanol–water partition coefficient (Wildman–Crippen LogP) is 4.61. The number of aryl methyl sites for hydroxylation is 1. The van der Waals surface area contributed by atoms with Crippen LogP contribution in [0.25, 0.3) is 0 Å². The van der Waals surface area contributed by atoms with Gasteiger partial charge in [0.05, 0.1) is 5.69 Å². The Balaban J connectivity index is 1.72. The third-order valence-corrected chi connectivity index (χ3v) is 4.70. The topological polar surface area (TPSA) is 26.0 Å². The summed E-state index contributed by atoms with van der Waals surface area (Å²) in [6.45, 7) is 0. The minimum Gasteiger partial charge on any atom is -0.361 e. The molecule has 2 aromatic rings. The fourth-order valence-electron chi connectivity index (χ4n) is 2.27. The number of halogens is 1. The summed E-state index contributed by atoms with van der Waals surface area (Å²) in [6, 6.07) is 8.37. The van der Waals surface area contributed by atoms with E-state index in [2.05, 4.69) is 39.3 Å². The third-order valence-electron chi connectivity index (χ3n) is 3.20. The van der Waals surface area contributed by atoms with Crippen LogP contribution in [0.3, 0.4) is 0 Å². The molecular formula is C14H14BrNOS. The van der Waals surface area contributed by atoms with E-state index >= 15 is 0 Å². The van der Waals surface area contributed by atoms with Crippen molar-refractivity contribution < 1.29 is 4.52 Å². The number of rotatable bonds is 3. The minimum absolute atomic E-state index is 0.898. The van der Waals surface area contributed by atoms with E-state index in [9.17, 15) is 0 Å². The van der Waals surface area contributed by atoms with Crippen molar-refractivity contribution in [2.75, 3.05) is 0 Å². The van der Waals surface area contributed by atoms with Gasteiger partial charge in [-0.05, 0) is 37.5 Å². The summed E-state index contributed by atoms with van der Waals surface area (Å²) < 4.78 is 6.55. The molecule has 1 aromatic heterocycles. The van der Waals surface area contributed by atoms with Crippen LogP contribution in [0.15, 0.2) is 38.2 Å². The van der Waals surface area contributed by atoms with Gasteiger partial charge in [-0.3, -0.25) is 0 Å². The average molecular weight is 324 g/mol. The third kappa shape index (κ3) is 2.64. The van der Waals surface area contributed by atoms with Crippen molar-refractivity contribution in [2.45, 2.75) is 36.3 Å². The first-order valence-corrected chi connectivity index (χ1v) is 7.95. The summed E-state index contributed by atoms with van der Waals surface area (Å²) in [5.74, 6) is 2.01. The number of fused-ring (bicyclic) bond motifs is 1. The largest absolute Gasteiger partial charge is 0.361 e. The summed E-state index contributed by atoms with van der Waals surface area (Å²) in [5.41, 5.74) is 2.50. The van der Waals surface area contributed by atoms with Crippen molar-refractivity contribution >= 4 is 27.7 Å². The van der Waals surface area contributed by atoms with Crippen LogP contribution in [-0.4, -0.2) is 5.16 Å². The summed E-state index contributed by atoms with van der Waals surface area (Å²) in [4.78, 5) is 1.26. The van der Waals surface area contributed by atoms with Crippen LogP contribution in [0.5, 0.6) is 0 Å². The van der Waals surface area contributed by atoms with E-state index in [0.717, 1.165) is 34.5 Å². The fraction of sp³-hybridized carbons (Fsp3) is 0.357. The van der Waals surface area contributed by atoms with Gasteiger partial charge in [0.25, 0.3) is 0 Å². The highest BCUT2D eigenvalue weighted by Gasteiger charge is 2.19. The van der Waals surface area contributed by atoms with Gasteiger partial charge in [0, 0.05) is 27.1 Å². The molecule has 2 nitrogen and oxygen atoms in total. The van der Waals surface area contributed by atoms with Crippen molar-refractivity contribution in [3.8, 4) is 0 Å². The Hall–Kier alpha value is -0.740. The van der Waals surface area contributed by atoms with Crippen molar-refractivity contribution in [2.24, 2.45) is 0 Å². The maximum atomic E-state index is 5.43. The highest BCUT2D eigenvalue weighted by molar-refractivity contribution is 9.10. The maximum absolute atomic E-state index is 5.43. The van der Waals surface area contributed by atoms with Crippen molar-refractivity contribution in [1.82, 2.24) is 5.16 Å². The molecule has 0 spiro atoms. The molecule has 0 fully saturated rings. The number of hydrogen-bond donors (Lipinski definition) is 0. The van der Waals surface area contributed by atoms with E-state index in [-0.39, 0.29) is 0 Å². The molecule has 0 N–H and O–H groups in total. The number of aromatic nitrogens is 1. The summed E-state index contributed by atoms with van der Waals surface area (Å²) in [5, 5.41) is 4.23. The van der Waals surface area contributed by atoms with Crippen LogP contribution in [0.1, 0.15) is 29.9 Å². The van der Waals surface area contributed by atoms with Gasteiger partial charge in [0.15, 0.2) is 0 Å². The van der Waals surface area contributed by atoms with Gasteiger partial charge in [-0.15, -0.1) is 11.8 Å². The number of nitrogens with zero attached hydrogens (tertiary/aromatic N) is 1. The molecule has 18 heavy (non-hydrogen) atoms. The van der Waals surface area contributed by atoms with Crippen LogP contribution in [0.2, 0.25) is 0 Å². The lowest BCUT2D eigenvalue weighted by Crippen LogP contribution is -2.01. The van der Waals surface area contributed by atoms with Crippen LogP contribution < -0.4 is 0 Å². The van der Waals surface area contributed by atoms with E-state index in [1.165, 1.54) is 23.3 Å². The molecule has 1 aromatic carbocycles. The van der Waals surface area contributed by atoms with Gasteiger partial charge in [-0.2, -0.15) is 0 Å². The van der Waals surface area contributed by atoms with Gasteiger partial charge in [-0.1, -0.05) is 27.2 Å². The van der Waals surface area contributed by atoms with E-state index < -0.39 is 0 Å².